The third kappa shape index (κ3) is 2.02. The third-order valence-electron chi connectivity index (χ3n) is 1.79. The molecule has 1 aromatic carbocycles. The van der Waals surface area contributed by atoms with Crippen molar-refractivity contribution >= 4 is 28.8 Å². The Bertz CT molecular complexity index is 314. The van der Waals surface area contributed by atoms with Crippen molar-refractivity contribution in [2.75, 3.05) is 0 Å². The van der Waals surface area contributed by atoms with Gasteiger partial charge in [-0.15, -0.1) is 0 Å². The summed E-state index contributed by atoms with van der Waals surface area (Å²) in [6.07, 6.45) is 2.02. The summed E-state index contributed by atoms with van der Waals surface area (Å²) in [5.41, 5.74) is 2.21. The summed E-state index contributed by atoms with van der Waals surface area (Å²) in [7, 11) is 0. The standard InChI is InChI=1S/C10H10Cl2/c1-3-7(2)9-5-4-8(11)6-10(9)12/h3-6H,1-2H3/b7-3-. The molecule has 0 aromatic heterocycles. The van der Waals surface area contributed by atoms with E-state index in [2.05, 4.69) is 0 Å². The first-order chi connectivity index (χ1) is 5.65. The number of rotatable bonds is 1. The van der Waals surface area contributed by atoms with Crippen molar-refractivity contribution in [1.82, 2.24) is 0 Å². The fourth-order valence-corrected chi connectivity index (χ4v) is 1.52. The third-order valence-corrected chi connectivity index (χ3v) is 2.34. The number of hydrogen-bond donors (Lipinski definition) is 0. The lowest BCUT2D eigenvalue weighted by atomic mass is 10.1. The Hall–Kier alpha value is -0.460. The van der Waals surface area contributed by atoms with Gasteiger partial charge in [0.25, 0.3) is 0 Å². The van der Waals surface area contributed by atoms with Crippen LogP contribution in [0.4, 0.5) is 0 Å². The zero-order valence-electron chi connectivity index (χ0n) is 7.07. The van der Waals surface area contributed by atoms with E-state index in [0.29, 0.717) is 10.0 Å². The molecule has 0 heterocycles. The molecule has 2 heteroatoms. The molecule has 0 saturated heterocycles. The van der Waals surface area contributed by atoms with Crippen molar-refractivity contribution in [3.8, 4) is 0 Å². The lowest BCUT2D eigenvalue weighted by molar-refractivity contribution is 1.54. The monoisotopic (exact) mass is 200 g/mol. The summed E-state index contributed by atoms with van der Waals surface area (Å²) in [5, 5.41) is 1.38. The smallest absolute Gasteiger partial charge is 0.0495 e. The average Bonchev–Trinajstić information content (AvgIpc) is 2.03. The van der Waals surface area contributed by atoms with Crippen molar-refractivity contribution < 1.29 is 0 Å². The molecule has 0 bridgehead atoms. The van der Waals surface area contributed by atoms with Crippen LogP contribution in [0.2, 0.25) is 10.0 Å². The SMILES string of the molecule is C/C=C(/C)c1ccc(Cl)cc1Cl. The van der Waals surface area contributed by atoms with Crippen molar-refractivity contribution in [3.05, 3.63) is 39.9 Å². The van der Waals surface area contributed by atoms with Crippen LogP contribution in [0.15, 0.2) is 24.3 Å². The van der Waals surface area contributed by atoms with E-state index < -0.39 is 0 Å². The fraction of sp³-hybridized carbons (Fsp3) is 0.200. The largest absolute Gasteiger partial charge is 0.0843 e. The summed E-state index contributed by atoms with van der Waals surface area (Å²) in [6.45, 7) is 4.01. The molecule has 64 valence electrons. The van der Waals surface area contributed by atoms with E-state index in [-0.39, 0.29) is 0 Å². The summed E-state index contributed by atoms with van der Waals surface area (Å²) >= 11 is 11.7. The Morgan fingerprint density at radius 2 is 2.00 bits per heavy atom. The van der Waals surface area contributed by atoms with Crippen LogP contribution < -0.4 is 0 Å². The van der Waals surface area contributed by atoms with Crippen LogP contribution in [-0.2, 0) is 0 Å². The van der Waals surface area contributed by atoms with Gasteiger partial charge in [0.15, 0.2) is 0 Å². The normalized spacial score (nSPS) is 11.8. The molecule has 0 nitrogen and oxygen atoms in total. The van der Waals surface area contributed by atoms with Gasteiger partial charge >= 0.3 is 0 Å². The van der Waals surface area contributed by atoms with Crippen molar-refractivity contribution in [1.29, 1.82) is 0 Å². The predicted octanol–water partition coefficient (Wildman–Crippen LogP) is 4.42. The van der Waals surface area contributed by atoms with Gasteiger partial charge in [-0.2, -0.15) is 0 Å². The maximum absolute atomic E-state index is 5.98. The molecule has 12 heavy (non-hydrogen) atoms. The van der Waals surface area contributed by atoms with Gasteiger partial charge in [0.2, 0.25) is 0 Å². The van der Waals surface area contributed by atoms with Gasteiger partial charge in [-0.3, -0.25) is 0 Å². The minimum Gasteiger partial charge on any atom is -0.0843 e. The van der Waals surface area contributed by atoms with Crippen LogP contribution >= 0.6 is 23.2 Å². The molecule has 0 unspecified atom stereocenters. The van der Waals surface area contributed by atoms with Crippen LogP contribution in [0, 0.1) is 0 Å². The topological polar surface area (TPSA) is 0 Å². The van der Waals surface area contributed by atoms with Crippen LogP contribution in [0.5, 0.6) is 0 Å². The zero-order valence-corrected chi connectivity index (χ0v) is 8.58. The van der Waals surface area contributed by atoms with Crippen LogP contribution in [0.3, 0.4) is 0 Å². The summed E-state index contributed by atoms with van der Waals surface area (Å²) in [6, 6.07) is 5.53. The highest BCUT2D eigenvalue weighted by Crippen LogP contribution is 2.26. The van der Waals surface area contributed by atoms with Crippen LogP contribution in [0.25, 0.3) is 5.57 Å². The Morgan fingerprint density at radius 1 is 1.33 bits per heavy atom. The molecule has 1 rings (SSSR count). The molecule has 0 saturated carbocycles. The molecule has 0 aliphatic rings. The molecule has 0 N–H and O–H groups in total. The molecule has 0 spiro atoms. The minimum absolute atomic E-state index is 0.674. The van der Waals surface area contributed by atoms with Crippen molar-refractivity contribution in [2.24, 2.45) is 0 Å². The second-order valence-electron chi connectivity index (χ2n) is 2.60. The van der Waals surface area contributed by atoms with Gasteiger partial charge in [0, 0.05) is 10.0 Å². The van der Waals surface area contributed by atoms with E-state index in [4.69, 9.17) is 23.2 Å². The van der Waals surface area contributed by atoms with E-state index in [1.165, 1.54) is 0 Å². The maximum Gasteiger partial charge on any atom is 0.0495 e. The van der Waals surface area contributed by atoms with E-state index in [1.54, 1.807) is 6.07 Å². The van der Waals surface area contributed by atoms with Crippen LogP contribution in [-0.4, -0.2) is 0 Å². The Balaban J connectivity index is 3.18. The van der Waals surface area contributed by atoms with E-state index in [1.807, 2.05) is 32.1 Å². The Labute approximate surface area is 82.8 Å². The Morgan fingerprint density at radius 3 is 2.50 bits per heavy atom. The first kappa shape index (κ1) is 9.63. The van der Waals surface area contributed by atoms with Gasteiger partial charge in [-0.25, -0.2) is 0 Å². The lowest BCUT2D eigenvalue weighted by Gasteiger charge is -2.03. The molecular weight excluding hydrogens is 191 g/mol. The molecule has 0 amide bonds. The number of halogens is 2. The highest BCUT2D eigenvalue weighted by atomic mass is 35.5. The van der Waals surface area contributed by atoms with Gasteiger partial charge in [0.05, 0.1) is 0 Å². The molecule has 1 aromatic rings. The molecule has 0 fully saturated rings. The molecule has 0 atom stereocenters. The predicted molar refractivity (Wildman–Crippen MR) is 55.8 cm³/mol. The summed E-state index contributed by atoms with van der Waals surface area (Å²) < 4.78 is 0. The van der Waals surface area contributed by atoms with Crippen molar-refractivity contribution in [2.45, 2.75) is 13.8 Å². The minimum atomic E-state index is 0.674. The number of hydrogen-bond acceptors (Lipinski definition) is 0. The van der Waals surface area contributed by atoms with Gasteiger partial charge < -0.3 is 0 Å². The van der Waals surface area contributed by atoms with Gasteiger partial charge in [-0.1, -0.05) is 35.3 Å². The summed E-state index contributed by atoms with van der Waals surface area (Å²) in [5.74, 6) is 0. The highest BCUT2D eigenvalue weighted by Gasteiger charge is 2.01. The quantitative estimate of drug-likeness (QED) is 0.630. The van der Waals surface area contributed by atoms with E-state index >= 15 is 0 Å². The first-order valence-electron chi connectivity index (χ1n) is 3.73. The Kier molecular flexibility index (Phi) is 3.19. The van der Waals surface area contributed by atoms with Gasteiger partial charge in [0.1, 0.15) is 0 Å². The second kappa shape index (κ2) is 3.97. The van der Waals surface area contributed by atoms with E-state index in [0.717, 1.165) is 11.1 Å². The molecule has 0 radical (unpaired) electrons. The van der Waals surface area contributed by atoms with Crippen LogP contribution in [0.1, 0.15) is 19.4 Å². The molecular formula is C10H10Cl2. The fourth-order valence-electron chi connectivity index (χ4n) is 0.965. The van der Waals surface area contributed by atoms with Crippen molar-refractivity contribution in [3.63, 3.8) is 0 Å². The average molecular weight is 201 g/mol. The zero-order chi connectivity index (χ0) is 9.14. The highest BCUT2D eigenvalue weighted by molar-refractivity contribution is 6.35. The number of benzene rings is 1. The van der Waals surface area contributed by atoms with Gasteiger partial charge in [-0.05, 0) is 37.1 Å². The lowest BCUT2D eigenvalue weighted by Crippen LogP contribution is -1.80. The molecule has 0 aliphatic carbocycles. The van der Waals surface area contributed by atoms with E-state index in [9.17, 15) is 0 Å². The summed E-state index contributed by atoms with van der Waals surface area (Å²) in [4.78, 5) is 0. The molecule has 0 aliphatic heterocycles. The second-order valence-corrected chi connectivity index (χ2v) is 3.44. The number of allylic oxidation sites excluding steroid dienone is 2. The first-order valence-corrected chi connectivity index (χ1v) is 4.49. The maximum atomic E-state index is 5.98.